The van der Waals surface area contributed by atoms with Crippen molar-refractivity contribution in [3.8, 4) is 0 Å². The molecule has 1 fully saturated rings. The van der Waals surface area contributed by atoms with Crippen molar-refractivity contribution in [3.05, 3.63) is 40.4 Å². The molecular formula is C20H25N5O2S. The van der Waals surface area contributed by atoms with E-state index in [-0.39, 0.29) is 0 Å². The third kappa shape index (κ3) is 4.02. The Balaban J connectivity index is 1.33. The number of carbonyl (C=O) groups excluding carboxylic acids is 2. The Morgan fingerprint density at radius 1 is 1.14 bits per heavy atom. The van der Waals surface area contributed by atoms with Crippen molar-refractivity contribution in [1.29, 1.82) is 0 Å². The maximum absolute atomic E-state index is 12.6. The molecule has 0 aliphatic carbocycles. The summed E-state index contributed by atoms with van der Waals surface area (Å²) in [4.78, 5) is 36.8. The fraction of sp³-hybridized carbons (Fsp3) is 0.450. The third-order valence-corrected chi connectivity index (χ3v) is 6.27. The highest BCUT2D eigenvalue weighted by molar-refractivity contribution is 7.16. The number of nitrogens with zero attached hydrogens (tertiary/aromatic N) is 4. The Labute approximate surface area is 169 Å². The molecule has 8 heteroatoms. The van der Waals surface area contributed by atoms with Crippen molar-refractivity contribution in [2.75, 3.05) is 50.0 Å². The van der Waals surface area contributed by atoms with E-state index < -0.39 is 11.8 Å². The zero-order chi connectivity index (χ0) is 19.7. The number of piperazine rings is 1. The van der Waals surface area contributed by atoms with Gasteiger partial charge < -0.3 is 14.7 Å². The number of likely N-dealkylation sites (N-methyl/N-ethyl adjacent to an activating group) is 1. The van der Waals surface area contributed by atoms with Crippen molar-refractivity contribution in [2.45, 2.75) is 19.9 Å². The molecule has 7 nitrogen and oxygen atoms in total. The SMILES string of the molecule is Cc1cccc(N2CCN(C(=O)C(=O)Nc3nc4c(s3)CN(C)CC4)CC2)c1. The summed E-state index contributed by atoms with van der Waals surface area (Å²) in [5.41, 5.74) is 3.42. The van der Waals surface area contributed by atoms with Gasteiger partial charge in [0.05, 0.1) is 5.69 Å². The van der Waals surface area contributed by atoms with E-state index in [1.54, 1.807) is 4.90 Å². The van der Waals surface area contributed by atoms with Gasteiger partial charge in [0.2, 0.25) is 0 Å². The molecule has 1 aromatic heterocycles. The lowest BCUT2D eigenvalue weighted by Gasteiger charge is -2.35. The van der Waals surface area contributed by atoms with E-state index in [0.717, 1.165) is 44.0 Å². The quantitative estimate of drug-likeness (QED) is 0.779. The monoisotopic (exact) mass is 399 g/mol. The topological polar surface area (TPSA) is 68.8 Å². The van der Waals surface area contributed by atoms with E-state index in [1.807, 2.05) is 6.07 Å². The van der Waals surface area contributed by atoms with Gasteiger partial charge in [0.25, 0.3) is 0 Å². The summed E-state index contributed by atoms with van der Waals surface area (Å²) in [6, 6.07) is 8.34. The highest BCUT2D eigenvalue weighted by atomic mass is 32.1. The van der Waals surface area contributed by atoms with Crippen LogP contribution in [0.5, 0.6) is 0 Å². The number of benzene rings is 1. The van der Waals surface area contributed by atoms with Crippen molar-refractivity contribution >= 4 is 34.0 Å². The number of aromatic nitrogens is 1. The van der Waals surface area contributed by atoms with E-state index in [9.17, 15) is 9.59 Å². The highest BCUT2D eigenvalue weighted by Crippen LogP contribution is 2.27. The number of amides is 2. The molecule has 1 aromatic carbocycles. The molecule has 3 heterocycles. The minimum absolute atomic E-state index is 0.478. The van der Waals surface area contributed by atoms with Crippen molar-refractivity contribution < 1.29 is 9.59 Å². The molecule has 2 aliphatic heterocycles. The number of carbonyl (C=O) groups is 2. The van der Waals surface area contributed by atoms with Crippen LogP contribution >= 0.6 is 11.3 Å². The predicted molar refractivity (Wildman–Crippen MR) is 111 cm³/mol. The number of hydrogen-bond donors (Lipinski definition) is 1. The van der Waals surface area contributed by atoms with Crippen LogP contribution in [0.1, 0.15) is 16.1 Å². The minimum atomic E-state index is -0.594. The highest BCUT2D eigenvalue weighted by Gasteiger charge is 2.27. The molecule has 2 aromatic rings. The van der Waals surface area contributed by atoms with Crippen LogP contribution in [0.3, 0.4) is 0 Å². The summed E-state index contributed by atoms with van der Waals surface area (Å²) in [5, 5.41) is 3.23. The van der Waals surface area contributed by atoms with Crippen LogP contribution in [0.15, 0.2) is 24.3 Å². The van der Waals surface area contributed by atoms with Gasteiger partial charge in [0.15, 0.2) is 5.13 Å². The molecule has 0 atom stereocenters. The molecular weight excluding hydrogens is 374 g/mol. The molecule has 4 rings (SSSR count). The summed E-state index contributed by atoms with van der Waals surface area (Å²) in [6.45, 7) is 6.41. The maximum Gasteiger partial charge on any atom is 0.315 e. The van der Waals surface area contributed by atoms with E-state index in [1.165, 1.54) is 21.8 Å². The van der Waals surface area contributed by atoms with Crippen LogP contribution in [0.2, 0.25) is 0 Å². The average molecular weight is 400 g/mol. The van der Waals surface area contributed by atoms with Crippen molar-refractivity contribution in [2.24, 2.45) is 0 Å². The molecule has 1 saturated heterocycles. The summed E-state index contributed by atoms with van der Waals surface area (Å²) in [5.74, 6) is -1.07. The Morgan fingerprint density at radius 3 is 2.68 bits per heavy atom. The summed E-state index contributed by atoms with van der Waals surface area (Å²) < 4.78 is 0. The van der Waals surface area contributed by atoms with Gasteiger partial charge >= 0.3 is 11.8 Å². The van der Waals surface area contributed by atoms with Gasteiger partial charge in [-0.2, -0.15) is 0 Å². The molecule has 148 valence electrons. The van der Waals surface area contributed by atoms with Gasteiger partial charge in [-0.3, -0.25) is 14.9 Å². The normalized spacial score (nSPS) is 17.4. The van der Waals surface area contributed by atoms with Crippen molar-refractivity contribution in [1.82, 2.24) is 14.8 Å². The molecule has 0 saturated carbocycles. The lowest BCUT2D eigenvalue weighted by atomic mass is 10.2. The van der Waals surface area contributed by atoms with Crippen LogP contribution in [0.25, 0.3) is 0 Å². The Kier molecular flexibility index (Phi) is 5.32. The Morgan fingerprint density at radius 2 is 1.93 bits per heavy atom. The number of fused-ring (bicyclic) bond motifs is 1. The lowest BCUT2D eigenvalue weighted by molar-refractivity contribution is -0.143. The maximum atomic E-state index is 12.6. The number of aryl methyl sites for hydroxylation is 1. The summed E-state index contributed by atoms with van der Waals surface area (Å²) in [7, 11) is 2.07. The standard InChI is InChI=1S/C20H25N5O2S/c1-14-4-3-5-15(12-14)24-8-10-25(11-9-24)19(27)18(26)22-20-21-16-6-7-23(2)13-17(16)28-20/h3-5,12H,6-11,13H2,1-2H3,(H,21,22,26). The second-order valence-electron chi connectivity index (χ2n) is 7.45. The van der Waals surface area contributed by atoms with E-state index >= 15 is 0 Å². The van der Waals surface area contributed by atoms with Gasteiger partial charge in [-0.15, -0.1) is 11.3 Å². The number of thiazole rings is 1. The van der Waals surface area contributed by atoms with E-state index in [0.29, 0.717) is 18.2 Å². The van der Waals surface area contributed by atoms with E-state index in [4.69, 9.17) is 0 Å². The first-order valence-corrected chi connectivity index (χ1v) is 10.4. The van der Waals surface area contributed by atoms with Crippen LogP contribution in [0, 0.1) is 6.92 Å². The molecule has 1 N–H and O–H groups in total. The number of anilines is 2. The minimum Gasteiger partial charge on any atom is -0.368 e. The van der Waals surface area contributed by atoms with Gasteiger partial charge in [0, 0.05) is 56.3 Å². The van der Waals surface area contributed by atoms with Crippen LogP contribution in [-0.4, -0.2) is 66.4 Å². The summed E-state index contributed by atoms with van der Waals surface area (Å²) in [6.07, 6.45) is 0.882. The van der Waals surface area contributed by atoms with E-state index in [2.05, 4.69) is 52.3 Å². The van der Waals surface area contributed by atoms with Crippen LogP contribution in [0.4, 0.5) is 10.8 Å². The number of nitrogens with one attached hydrogen (secondary N) is 1. The lowest BCUT2D eigenvalue weighted by Crippen LogP contribution is -2.51. The fourth-order valence-corrected chi connectivity index (χ4v) is 4.75. The molecule has 2 aliphatic rings. The molecule has 0 bridgehead atoms. The number of hydrogen-bond acceptors (Lipinski definition) is 6. The average Bonchev–Trinajstić information content (AvgIpc) is 3.08. The van der Waals surface area contributed by atoms with Gasteiger partial charge in [-0.1, -0.05) is 12.1 Å². The molecule has 0 unspecified atom stereocenters. The smallest absolute Gasteiger partial charge is 0.315 e. The van der Waals surface area contributed by atoms with Crippen LogP contribution in [-0.2, 0) is 22.6 Å². The number of rotatable bonds is 2. The Hall–Kier alpha value is -2.45. The van der Waals surface area contributed by atoms with Crippen LogP contribution < -0.4 is 10.2 Å². The fourth-order valence-electron chi connectivity index (χ4n) is 3.66. The Bertz CT molecular complexity index is 888. The zero-order valence-electron chi connectivity index (χ0n) is 16.3. The van der Waals surface area contributed by atoms with Gasteiger partial charge in [-0.25, -0.2) is 4.98 Å². The van der Waals surface area contributed by atoms with Gasteiger partial charge in [0.1, 0.15) is 0 Å². The predicted octanol–water partition coefficient (Wildman–Crippen LogP) is 1.73. The first-order valence-electron chi connectivity index (χ1n) is 9.58. The van der Waals surface area contributed by atoms with Gasteiger partial charge in [-0.05, 0) is 31.7 Å². The first kappa shape index (κ1) is 18.9. The summed E-state index contributed by atoms with van der Waals surface area (Å²) >= 11 is 1.47. The second kappa shape index (κ2) is 7.89. The largest absolute Gasteiger partial charge is 0.368 e. The van der Waals surface area contributed by atoms with Crippen molar-refractivity contribution in [3.63, 3.8) is 0 Å². The molecule has 0 spiro atoms. The second-order valence-corrected chi connectivity index (χ2v) is 8.53. The zero-order valence-corrected chi connectivity index (χ0v) is 17.1. The molecule has 0 radical (unpaired) electrons. The molecule has 28 heavy (non-hydrogen) atoms. The molecule has 2 amide bonds. The first-order chi connectivity index (χ1) is 13.5. The third-order valence-electron chi connectivity index (χ3n) is 5.27.